The molecular formula is C31H29F3N2O5S. The average molecular weight is 599 g/mol. The fourth-order valence-corrected chi connectivity index (χ4v) is 6.96. The van der Waals surface area contributed by atoms with Crippen LogP contribution >= 0.6 is 11.3 Å². The molecule has 1 N–H and O–H groups in total. The molecule has 42 heavy (non-hydrogen) atoms. The zero-order chi connectivity index (χ0) is 29.4. The molecule has 0 atom stereocenters. The first-order valence-electron chi connectivity index (χ1n) is 14.0. The van der Waals surface area contributed by atoms with E-state index in [0.717, 1.165) is 28.0 Å². The summed E-state index contributed by atoms with van der Waals surface area (Å²) < 4.78 is 51.2. The second kappa shape index (κ2) is 11.5. The largest absolute Gasteiger partial charge is 0.477 e. The molecule has 7 nitrogen and oxygen atoms in total. The van der Waals surface area contributed by atoms with Crippen LogP contribution in [0.1, 0.15) is 48.2 Å². The number of pyridine rings is 1. The Hall–Kier alpha value is -3.70. The Morgan fingerprint density at radius 3 is 2.29 bits per heavy atom. The second-order valence-corrected chi connectivity index (χ2v) is 11.9. The molecule has 4 aromatic rings. The summed E-state index contributed by atoms with van der Waals surface area (Å²) in [7, 11) is 0. The lowest BCUT2D eigenvalue weighted by Crippen LogP contribution is -2.47. The number of carboxylic acids is 1. The maximum absolute atomic E-state index is 14.0. The number of carboxylic acid groups (broad SMARTS) is 1. The summed E-state index contributed by atoms with van der Waals surface area (Å²) in [6.45, 7) is 0.848. The highest BCUT2D eigenvalue weighted by atomic mass is 32.1. The number of amides is 1. The number of ether oxygens (including phenoxy) is 1. The van der Waals surface area contributed by atoms with Crippen molar-refractivity contribution in [3.8, 4) is 21.8 Å². The van der Waals surface area contributed by atoms with Crippen molar-refractivity contribution in [1.29, 1.82) is 0 Å². The number of benzene rings is 1. The Balaban J connectivity index is 1.31. The first-order valence-corrected chi connectivity index (χ1v) is 14.8. The molecule has 0 spiro atoms. The molecule has 11 heteroatoms. The van der Waals surface area contributed by atoms with Gasteiger partial charge in [0.25, 0.3) is 0 Å². The van der Waals surface area contributed by atoms with Gasteiger partial charge in [0.2, 0.25) is 5.91 Å². The Morgan fingerprint density at radius 1 is 0.952 bits per heavy atom. The standard InChI is InChI=1S/C31H29F3N2O5S/c32-31(33,34)21-9-7-20(8-10-21)29(37)36(22-11-14-40-15-12-22)24-17-27(42-28(24)30(38)39)19-5-3-18(4-6-19)26-16-23-25(41-26)2-1-13-35-23/h1-6,13,16-17,20-22H,7-12,14-15H2,(H,38,39)/t20-,21-. The molecule has 6 rings (SSSR count). The van der Waals surface area contributed by atoms with Gasteiger partial charge < -0.3 is 19.2 Å². The van der Waals surface area contributed by atoms with E-state index in [-0.39, 0.29) is 42.5 Å². The number of carbonyl (C=O) groups is 2. The van der Waals surface area contributed by atoms with Crippen LogP contribution in [0.5, 0.6) is 0 Å². The van der Waals surface area contributed by atoms with Crippen LogP contribution in [0.2, 0.25) is 0 Å². The van der Waals surface area contributed by atoms with Gasteiger partial charge in [0.1, 0.15) is 16.2 Å². The van der Waals surface area contributed by atoms with Crippen molar-refractivity contribution >= 4 is 40.0 Å². The molecule has 2 aliphatic rings. The van der Waals surface area contributed by atoms with Gasteiger partial charge >= 0.3 is 12.1 Å². The lowest BCUT2D eigenvalue weighted by Gasteiger charge is -2.38. The predicted octanol–water partition coefficient (Wildman–Crippen LogP) is 7.80. The predicted molar refractivity (Wildman–Crippen MR) is 153 cm³/mol. The molecule has 1 saturated carbocycles. The molecule has 0 unspecified atom stereocenters. The monoisotopic (exact) mass is 598 g/mol. The lowest BCUT2D eigenvalue weighted by molar-refractivity contribution is -0.184. The third-order valence-electron chi connectivity index (χ3n) is 8.24. The van der Waals surface area contributed by atoms with Gasteiger partial charge in [-0.2, -0.15) is 13.2 Å². The number of fused-ring (bicyclic) bond motifs is 1. The van der Waals surface area contributed by atoms with Crippen molar-refractivity contribution in [2.24, 2.45) is 11.8 Å². The molecule has 4 heterocycles. The van der Waals surface area contributed by atoms with Crippen molar-refractivity contribution in [3.05, 3.63) is 59.6 Å². The maximum atomic E-state index is 14.0. The molecule has 0 radical (unpaired) electrons. The minimum absolute atomic E-state index is 0.0289. The number of halogens is 3. The Morgan fingerprint density at radius 2 is 1.64 bits per heavy atom. The van der Waals surface area contributed by atoms with Crippen LogP contribution in [0.15, 0.2) is 59.1 Å². The van der Waals surface area contributed by atoms with E-state index < -0.39 is 24.0 Å². The fourth-order valence-electron chi connectivity index (χ4n) is 5.97. The quantitative estimate of drug-likeness (QED) is 0.243. The summed E-state index contributed by atoms with van der Waals surface area (Å²) in [5.74, 6) is -2.79. The van der Waals surface area contributed by atoms with Gasteiger partial charge in [-0.1, -0.05) is 24.3 Å². The minimum atomic E-state index is -4.27. The first kappa shape index (κ1) is 28.4. The second-order valence-electron chi connectivity index (χ2n) is 10.8. The van der Waals surface area contributed by atoms with E-state index in [4.69, 9.17) is 9.15 Å². The smallest absolute Gasteiger partial charge is 0.391 e. The highest BCUT2D eigenvalue weighted by Gasteiger charge is 2.44. The topological polar surface area (TPSA) is 92.9 Å². The van der Waals surface area contributed by atoms with Crippen molar-refractivity contribution < 1.29 is 37.0 Å². The van der Waals surface area contributed by atoms with Gasteiger partial charge in [0.05, 0.1) is 11.6 Å². The van der Waals surface area contributed by atoms with Crippen molar-refractivity contribution in [1.82, 2.24) is 4.98 Å². The van der Waals surface area contributed by atoms with E-state index in [1.165, 1.54) is 0 Å². The van der Waals surface area contributed by atoms with E-state index in [1.54, 1.807) is 23.2 Å². The van der Waals surface area contributed by atoms with Gasteiger partial charge in [-0.3, -0.25) is 9.78 Å². The summed E-state index contributed by atoms with van der Waals surface area (Å²) in [5, 5.41) is 10.2. The number of alkyl halides is 3. The number of furan rings is 1. The van der Waals surface area contributed by atoms with E-state index >= 15 is 0 Å². The molecular weight excluding hydrogens is 569 g/mol. The third kappa shape index (κ3) is 5.67. The molecule has 1 aliphatic carbocycles. The van der Waals surface area contributed by atoms with Crippen LogP contribution in [-0.2, 0) is 9.53 Å². The molecule has 0 bridgehead atoms. The van der Waals surface area contributed by atoms with Crippen LogP contribution in [0.4, 0.5) is 18.9 Å². The number of aromatic nitrogens is 1. The number of hydrogen-bond donors (Lipinski definition) is 1. The highest BCUT2D eigenvalue weighted by molar-refractivity contribution is 7.18. The van der Waals surface area contributed by atoms with E-state index in [0.29, 0.717) is 48.0 Å². The average Bonchev–Trinajstić information content (AvgIpc) is 3.63. The SMILES string of the molecule is O=C(O)c1sc(-c2ccc(-c3cc4ncccc4o3)cc2)cc1N(C(=O)[C@H]1CC[C@H](C(F)(F)F)CC1)C1CCOCC1. The summed E-state index contributed by atoms with van der Waals surface area (Å²) in [6.07, 6.45) is -1.48. The van der Waals surface area contributed by atoms with Gasteiger partial charge in [-0.05, 0) is 62.3 Å². The molecule has 2 fully saturated rings. The Kier molecular flexibility index (Phi) is 7.80. The van der Waals surface area contributed by atoms with Gasteiger partial charge in [-0.25, -0.2) is 4.79 Å². The highest BCUT2D eigenvalue weighted by Crippen LogP contribution is 2.43. The maximum Gasteiger partial charge on any atom is 0.391 e. The lowest BCUT2D eigenvalue weighted by atomic mass is 9.80. The molecule has 1 amide bonds. The number of carbonyl (C=O) groups excluding carboxylic acids is 1. The van der Waals surface area contributed by atoms with E-state index in [9.17, 15) is 27.9 Å². The van der Waals surface area contributed by atoms with Crippen molar-refractivity contribution in [2.75, 3.05) is 18.1 Å². The van der Waals surface area contributed by atoms with Crippen LogP contribution in [0, 0.1) is 11.8 Å². The molecule has 1 aliphatic heterocycles. The van der Waals surface area contributed by atoms with Crippen LogP contribution < -0.4 is 4.90 Å². The Labute approximate surface area is 243 Å². The van der Waals surface area contributed by atoms with Gasteiger partial charge in [-0.15, -0.1) is 11.3 Å². The summed E-state index contributed by atoms with van der Waals surface area (Å²) in [4.78, 5) is 32.9. The first-order chi connectivity index (χ1) is 20.2. The van der Waals surface area contributed by atoms with Crippen molar-refractivity contribution in [3.63, 3.8) is 0 Å². The van der Waals surface area contributed by atoms with Gasteiger partial charge in [0.15, 0.2) is 5.58 Å². The van der Waals surface area contributed by atoms with Crippen LogP contribution in [0.25, 0.3) is 32.9 Å². The molecule has 3 aromatic heterocycles. The van der Waals surface area contributed by atoms with Gasteiger partial charge in [0, 0.05) is 47.9 Å². The number of rotatable bonds is 6. The summed E-state index contributed by atoms with van der Waals surface area (Å²) in [6, 6.07) is 14.4. The summed E-state index contributed by atoms with van der Waals surface area (Å²) in [5.41, 5.74) is 3.33. The van der Waals surface area contributed by atoms with E-state index in [1.807, 2.05) is 36.4 Å². The third-order valence-corrected chi connectivity index (χ3v) is 9.40. The zero-order valence-corrected chi connectivity index (χ0v) is 23.4. The number of nitrogens with zero attached hydrogens (tertiary/aromatic N) is 2. The molecule has 1 aromatic carbocycles. The van der Waals surface area contributed by atoms with Crippen molar-refractivity contribution in [2.45, 2.75) is 50.7 Å². The number of anilines is 1. The Bertz CT molecular complexity index is 1550. The fraction of sp³-hybridized carbons (Fsp3) is 0.387. The molecule has 1 saturated heterocycles. The van der Waals surface area contributed by atoms with E-state index in [2.05, 4.69) is 4.98 Å². The summed E-state index contributed by atoms with van der Waals surface area (Å²) >= 11 is 1.08. The van der Waals surface area contributed by atoms with Crippen LogP contribution in [-0.4, -0.2) is 47.4 Å². The minimum Gasteiger partial charge on any atom is -0.477 e. The number of hydrogen-bond acceptors (Lipinski definition) is 6. The number of thiophene rings is 1. The zero-order valence-electron chi connectivity index (χ0n) is 22.6. The normalized spacial score (nSPS) is 20.1. The van der Waals surface area contributed by atoms with Crippen LogP contribution in [0.3, 0.4) is 0 Å². The number of aromatic carboxylic acids is 1. The molecule has 220 valence electrons.